The van der Waals surface area contributed by atoms with Gasteiger partial charge >= 0.3 is 11.9 Å². The molecule has 3 spiro atoms. The number of carbonyl (C=O) groups excluding carboxylic acids is 2. The van der Waals surface area contributed by atoms with Crippen LogP contribution in [0.4, 0.5) is 0 Å². The van der Waals surface area contributed by atoms with E-state index in [-0.39, 0.29) is 35.6 Å². The van der Waals surface area contributed by atoms with Crippen molar-refractivity contribution in [3.63, 3.8) is 0 Å². The zero-order valence-electron chi connectivity index (χ0n) is 36.0. The minimum atomic E-state index is -1.12. The molecule has 0 radical (unpaired) electrons. The third-order valence-electron chi connectivity index (χ3n) is 19.6. The highest BCUT2D eigenvalue weighted by atomic mass is 16.6. The number of benzene rings is 1. The maximum atomic E-state index is 15.9. The van der Waals surface area contributed by atoms with Crippen molar-refractivity contribution in [3.8, 4) is 0 Å². The van der Waals surface area contributed by atoms with Crippen molar-refractivity contribution < 1.29 is 24.2 Å². The van der Waals surface area contributed by atoms with Gasteiger partial charge in [-0.15, -0.1) is 0 Å². The SMILES string of the molecule is C[C@H]1CCC2=C[C@@H]3[C@@H]4C5=C2[C@]26C(=O)O/C(=C(/O)C[C@@H](C7CCCCC7)N7C[C@H]8C[C@@H](C7)[C@@H]7CCC(=C4N7C8)C[C@H]3C)[C@@]2(CC5)[C@]2(OC(=O)c3c(CCCN)cccc32)[C@H]6C1. The summed E-state index contributed by atoms with van der Waals surface area (Å²) < 4.78 is 14.1. The molecule has 16 rings (SSSR count). The van der Waals surface area contributed by atoms with Crippen molar-refractivity contribution in [2.24, 2.45) is 63.9 Å². The van der Waals surface area contributed by atoms with Crippen LogP contribution in [0, 0.1) is 58.2 Å². The number of piperidine rings is 2. The summed E-state index contributed by atoms with van der Waals surface area (Å²) in [5.41, 5.74) is 12.9. The molecule has 60 heavy (non-hydrogen) atoms. The highest BCUT2D eigenvalue weighted by Crippen LogP contribution is 2.88. The van der Waals surface area contributed by atoms with Crippen molar-refractivity contribution in [2.45, 2.75) is 141 Å². The Morgan fingerprint density at radius 1 is 0.933 bits per heavy atom. The fourth-order valence-electron chi connectivity index (χ4n) is 17.7. The van der Waals surface area contributed by atoms with Gasteiger partial charge in [0.15, 0.2) is 11.4 Å². The normalized spacial score (nSPS) is 45.9. The van der Waals surface area contributed by atoms with E-state index in [1.807, 2.05) is 0 Å². The Hall–Kier alpha value is -3.36. The molecule has 6 fully saturated rings. The quantitative estimate of drug-likeness (QED) is 0.291. The smallest absolute Gasteiger partial charge is 0.339 e. The van der Waals surface area contributed by atoms with Gasteiger partial charge in [-0.1, -0.05) is 68.5 Å². The van der Waals surface area contributed by atoms with Gasteiger partial charge < -0.3 is 25.2 Å². The second-order valence-corrected chi connectivity index (χ2v) is 22.2. The maximum absolute atomic E-state index is 15.9. The number of aliphatic hydroxyl groups is 1. The molecule has 0 amide bonds. The molecule has 1 aromatic carbocycles. The Labute approximate surface area is 356 Å². The van der Waals surface area contributed by atoms with Crippen LogP contribution < -0.4 is 5.73 Å². The van der Waals surface area contributed by atoms with Crippen LogP contribution in [0.1, 0.15) is 138 Å². The molecule has 6 aliphatic carbocycles. The number of allylic oxidation sites excluding steroid dienone is 4. The highest BCUT2D eigenvalue weighted by Gasteiger charge is 2.93. The van der Waals surface area contributed by atoms with E-state index >= 15 is 4.79 Å². The van der Waals surface area contributed by atoms with Gasteiger partial charge in [0.2, 0.25) is 0 Å². The minimum absolute atomic E-state index is 0.184. The van der Waals surface area contributed by atoms with Gasteiger partial charge in [-0.05, 0) is 142 Å². The van der Waals surface area contributed by atoms with Gasteiger partial charge in [-0.3, -0.25) is 9.69 Å². The first kappa shape index (κ1) is 37.2. The summed E-state index contributed by atoms with van der Waals surface area (Å²) in [4.78, 5) is 36.5. The number of aryl methyl sites for hydroxylation is 1. The van der Waals surface area contributed by atoms with Crippen molar-refractivity contribution in [1.29, 1.82) is 0 Å². The van der Waals surface area contributed by atoms with Gasteiger partial charge in [-0.25, -0.2) is 4.79 Å². The third-order valence-corrected chi connectivity index (χ3v) is 19.6. The van der Waals surface area contributed by atoms with Gasteiger partial charge in [0.05, 0.1) is 11.0 Å². The molecular formula is C52H65N3O5. The first-order valence-corrected chi connectivity index (χ1v) is 24.6. The summed E-state index contributed by atoms with van der Waals surface area (Å²) in [5, 5.41) is 13.2. The molecule has 13 atom stereocenters. The van der Waals surface area contributed by atoms with E-state index in [4.69, 9.17) is 15.2 Å². The number of nitrogens with two attached hydrogens (primary N) is 1. The van der Waals surface area contributed by atoms with E-state index in [1.165, 1.54) is 74.5 Å². The molecule has 0 aromatic heterocycles. The van der Waals surface area contributed by atoms with E-state index in [0.717, 1.165) is 62.9 Å². The highest BCUT2D eigenvalue weighted by molar-refractivity contribution is 6.00. The van der Waals surface area contributed by atoms with Gasteiger partial charge in [0.1, 0.15) is 11.2 Å². The first-order chi connectivity index (χ1) is 29.2. The predicted octanol–water partition coefficient (Wildman–Crippen LogP) is 9.02. The molecule has 15 aliphatic rings. The molecule has 8 heteroatoms. The van der Waals surface area contributed by atoms with E-state index in [1.54, 1.807) is 11.3 Å². The molecule has 9 aliphatic heterocycles. The van der Waals surface area contributed by atoms with Crippen LogP contribution >= 0.6 is 0 Å². The van der Waals surface area contributed by atoms with E-state index < -0.39 is 16.4 Å². The Kier molecular flexibility index (Phi) is 7.98. The number of hydrogen-bond donors (Lipinski definition) is 2. The Morgan fingerprint density at radius 2 is 1.80 bits per heavy atom. The van der Waals surface area contributed by atoms with Crippen LogP contribution in [0.2, 0.25) is 0 Å². The predicted molar refractivity (Wildman–Crippen MR) is 228 cm³/mol. The van der Waals surface area contributed by atoms with Crippen LogP contribution in [0.25, 0.3) is 0 Å². The third kappa shape index (κ3) is 4.37. The fourth-order valence-corrected chi connectivity index (χ4v) is 17.7. The van der Waals surface area contributed by atoms with Crippen LogP contribution in [-0.4, -0.2) is 65.1 Å². The number of aliphatic hydroxyl groups excluding tert-OH is 1. The van der Waals surface area contributed by atoms with Crippen LogP contribution in [0.3, 0.4) is 0 Å². The molecule has 3 N–H and O–H groups in total. The van der Waals surface area contributed by atoms with Crippen molar-refractivity contribution in [2.75, 3.05) is 26.2 Å². The minimum Gasteiger partial charge on any atom is -0.509 e. The molecule has 1 unspecified atom stereocenters. The molecule has 3 saturated carbocycles. The molecule has 1 aromatic rings. The topological polar surface area (TPSA) is 105 Å². The number of nitrogens with zero attached hydrogens (tertiary/aromatic N) is 2. The van der Waals surface area contributed by atoms with Gasteiger partial charge in [0, 0.05) is 61.2 Å². The summed E-state index contributed by atoms with van der Waals surface area (Å²) >= 11 is 0. The largest absolute Gasteiger partial charge is 0.509 e. The number of hydrogen-bond acceptors (Lipinski definition) is 8. The lowest BCUT2D eigenvalue weighted by Crippen LogP contribution is -2.77. The number of rotatable bonds is 4. The maximum Gasteiger partial charge on any atom is 0.339 e. The standard InChI is InChI=1S/C52H65N3O5/c1-28-13-14-33-23-37-29(2)21-34-15-16-39-35-22-30-25-54(27-35)40(31-8-4-3-5-9-31)24-41(56)47-50-18-17-36(44(37)46(34)55(39)26-30)45(33)51(50,49(58)59-47)42(20-28)52(50)38-12-6-10-32(11-7-19-53)43(38)48(57)60-52/h6,10,12,23,28-31,35,37,39-40,42,44,56H,3-5,7-9,11,13-22,24-27,53H2,1-2H3/b47-41+/t28-,29+,30+,35-,37-,39-,40-,42-,44-,50+,51+,52+/m0/s1. The Bertz CT molecular complexity index is 2230. The number of esters is 2. The number of ether oxygens (including phenoxy) is 2. The van der Waals surface area contributed by atoms with Crippen molar-refractivity contribution >= 4 is 11.9 Å². The summed E-state index contributed by atoms with van der Waals surface area (Å²) in [6.45, 7) is 8.69. The van der Waals surface area contributed by atoms with Crippen LogP contribution in [-0.2, 0) is 26.3 Å². The average Bonchev–Trinajstić information content (AvgIpc) is 3.71. The number of carbonyl (C=O) groups is 2. The second kappa shape index (κ2) is 12.9. The average molecular weight is 812 g/mol. The van der Waals surface area contributed by atoms with Gasteiger partial charge in [0.25, 0.3) is 0 Å². The van der Waals surface area contributed by atoms with E-state index in [9.17, 15) is 9.90 Å². The Morgan fingerprint density at radius 3 is 2.65 bits per heavy atom. The first-order valence-electron chi connectivity index (χ1n) is 24.6. The molecular weight excluding hydrogens is 747 g/mol. The lowest BCUT2D eigenvalue weighted by molar-refractivity contribution is -0.279. The van der Waals surface area contributed by atoms with E-state index in [0.29, 0.717) is 78.7 Å². The van der Waals surface area contributed by atoms with Crippen LogP contribution in [0.15, 0.2) is 63.8 Å². The van der Waals surface area contributed by atoms with Crippen LogP contribution in [0.5, 0.6) is 0 Å². The summed E-state index contributed by atoms with van der Waals surface area (Å²) in [6.07, 6.45) is 19.9. The molecule has 12 bridgehead atoms. The lowest BCUT2D eigenvalue weighted by Gasteiger charge is -2.72. The lowest BCUT2D eigenvalue weighted by atomic mass is 9.28. The second-order valence-electron chi connectivity index (χ2n) is 22.2. The van der Waals surface area contributed by atoms with Crippen molar-refractivity contribution in [3.05, 3.63) is 80.5 Å². The van der Waals surface area contributed by atoms with Crippen molar-refractivity contribution in [1.82, 2.24) is 9.80 Å². The zero-order valence-corrected chi connectivity index (χ0v) is 36.0. The Balaban J connectivity index is 1.11. The molecule has 8 nitrogen and oxygen atoms in total. The summed E-state index contributed by atoms with van der Waals surface area (Å²) in [7, 11) is 0. The molecule has 9 heterocycles. The summed E-state index contributed by atoms with van der Waals surface area (Å²) in [5.74, 6) is 3.16. The monoisotopic (exact) mass is 811 g/mol. The zero-order chi connectivity index (χ0) is 40.4. The molecule has 318 valence electrons. The number of fused-ring (bicyclic) bond motifs is 3. The summed E-state index contributed by atoms with van der Waals surface area (Å²) in [6, 6.07) is 7.04. The van der Waals surface area contributed by atoms with Gasteiger partial charge in [-0.2, -0.15) is 0 Å². The molecule has 3 saturated heterocycles. The van der Waals surface area contributed by atoms with E-state index in [2.05, 4.69) is 47.9 Å². The fraction of sp³-hybridized carbons (Fsp3) is 0.692.